The highest BCUT2D eigenvalue weighted by Gasteiger charge is 2.53. The molecule has 150 valence electrons. The third-order valence-corrected chi connectivity index (χ3v) is 6.98. The number of thiazole rings is 1. The van der Waals surface area contributed by atoms with Crippen LogP contribution in [0.4, 0.5) is 4.39 Å². The highest BCUT2D eigenvalue weighted by atomic mass is 32.1. The van der Waals surface area contributed by atoms with Crippen LogP contribution in [0, 0.1) is 30.5 Å². The summed E-state index contributed by atoms with van der Waals surface area (Å²) in [5, 5.41) is 10.1. The number of rotatable bonds is 5. The number of carbonyl (C=O) groups is 1. The molecule has 8 heteroatoms. The second kappa shape index (κ2) is 7.33. The third-order valence-electron chi connectivity index (χ3n) is 6.16. The van der Waals surface area contributed by atoms with Crippen molar-refractivity contribution in [3.63, 3.8) is 0 Å². The lowest BCUT2D eigenvalue weighted by Crippen LogP contribution is -2.37. The number of aromatic nitrogens is 3. The molecule has 2 aromatic heterocycles. The van der Waals surface area contributed by atoms with Crippen LogP contribution in [-0.4, -0.2) is 21.0 Å². The summed E-state index contributed by atoms with van der Waals surface area (Å²) in [6.07, 6.45) is 3.17. The van der Waals surface area contributed by atoms with Gasteiger partial charge in [0, 0.05) is 10.9 Å². The fourth-order valence-electron chi connectivity index (χ4n) is 4.90. The molecular formula is C21H21FN4O2S. The predicted octanol–water partition coefficient (Wildman–Crippen LogP) is 4.09. The Morgan fingerprint density at radius 2 is 2.03 bits per heavy atom. The molecule has 2 saturated carbocycles. The summed E-state index contributed by atoms with van der Waals surface area (Å²) in [4.78, 5) is 22.0. The molecule has 0 spiro atoms. The molecule has 2 aliphatic rings. The van der Waals surface area contributed by atoms with E-state index in [1.54, 1.807) is 23.5 Å². The van der Waals surface area contributed by atoms with Gasteiger partial charge in [0.15, 0.2) is 0 Å². The molecule has 1 aromatic carbocycles. The number of carbonyl (C=O) groups excluding carboxylic acids is 1. The van der Waals surface area contributed by atoms with E-state index in [1.807, 2.05) is 12.3 Å². The fourth-order valence-corrected chi connectivity index (χ4v) is 5.51. The summed E-state index contributed by atoms with van der Waals surface area (Å²) in [7, 11) is 0. The van der Waals surface area contributed by atoms with Crippen molar-refractivity contribution in [1.29, 1.82) is 0 Å². The number of hydrogen-bond acceptors (Lipinski definition) is 6. The van der Waals surface area contributed by atoms with Crippen LogP contribution in [0.15, 0.2) is 34.2 Å². The van der Waals surface area contributed by atoms with E-state index in [-0.39, 0.29) is 23.6 Å². The van der Waals surface area contributed by atoms with E-state index in [1.165, 1.54) is 12.1 Å². The molecule has 2 heterocycles. The quantitative estimate of drug-likeness (QED) is 0.683. The molecule has 1 N–H and O–H groups in total. The molecular weight excluding hydrogens is 391 g/mol. The molecule has 2 aliphatic carbocycles. The minimum atomic E-state index is -0.308. The number of aryl methyl sites for hydroxylation is 1. The van der Waals surface area contributed by atoms with E-state index in [0.717, 1.165) is 30.0 Å². The minimum Gasteiger partial charge on any atom is -0.350 e. The number of fused-ring (bicyclic) bond motifs is 2. The first-order valence-corrected chi connectivity index (χ1v) is 10.7. The number of halogens is 1. The van der Waals surface area contributed by atoms with Crippen molar-refractivity contribution in [1.82, 2.24) is 20.4 Å². The van der Waals surface area contributed by atoms with Crippen molar-refractivity contribution >= 4 is 17.2 Å². The van der Waals surface area contributed by atoms with Crippen LogP contribution in [0.2, 0.25) is 0 Å². The van der Waals surface area contributed by atoms with Crippen molar-refractivity contribution in [2.75, 3.05) is 0 Å². The lowest BCUT2D eigenvalue weighted by Gasteiger charge is -2.27. The van der Waals surface area contributed by atoms with Crippen LogP contribution in [0.1, 0.15) is 41.8 Å². The summed E-state index contributed by atoms with van der Waals surface area (Å²) in [5.41, 5.74) is 1.58. The molecule has 2 bridgehead atoms. The van der Waals surface area contributed by atoms with Gasteiger partial charge in [-0.3, -0.25) is 4.79 Å². The van der Waals surface area contributed by atoms with Crippen LogP contribution in [0.5, 0.6) is 0 Å². The highest BCUT2D eigenvalue weighted by molar-refractivity contribution is 7.09. The Hall–Kier alpha value is -2.61. The monoisotopic (exact) mass is 412 g/mol. The van der Waals surface area contributed by atoms with Crippen LogP contribution >= 0.6 is 11.3 Å². The number of nitrogens with zero attached hydrogens (tertiary/aromatic N) is 3. The Morgan fingerprint density at radius 1 is 1.24 bits per heavy atom. The molecule has 0 aliphatic heterocycles. The van der Waals surface area contributed by atoms with Crippen molar-refractivity contribution in [3.8, 4) is 11.4 Å². The molecule has 4 atom stereocenters. The smallest absolute Gasteiger partial charge is 0.231 e. The fraction of sp³-hybridized carbons (Fsp3) is 0.429. The summed E-state index contributed by atoms with van der Waals surface area (Å²) < 4.78 is 18.8. The van der Waals surface area contributed by atoms with Gasteiger partial charge in [-0.2, -0.15) is 4.98 Å². The topological polar surface area (TPSA) is 80.9 Å². The van der Waals surface area contributed by atoms with Crippen molar-refractivity contribution in [2.45, 2.75) is 38.6 Å². The predicted molar refractivity (Wildman–Crippen MR) is 105 cm³/mol. The number of nitrogens with one attached hydrogen (secondary N) is 1. The number of benzene rings is 1. The van der Waals surface area contributed by atoms with E-state index in [4.69, 9.17) is 4.52 Å². The van der Waals surface area contributed by atoms with Gasteiger partial charge in [-0.25, -0.2) is 9.37 Å². The maximum Gasteiger partial charge on any atom is 0.231 e. The number of amides is 1. The zero-order valence-corrected chi connectivity index (χ0v) is 16.8. The highest BCUT2D eigenvalue weighted by Crippen LogP contribution is 2.56. The van der Waals surface area contributed by atoms with Gasteiger partial charge in [0.05, 0.1) is 29.1 Å². The summed E-state index contributed by atoms with van der Waals surface area (Å²) >= 11 is 1.58. The first kappa shape index (κ1) is 18.4. The van der Waals surface area contributed by atoms with Gasteiger partial charge >= 0.3 is 0 Å². The van der Waals surface area contributed by atoms with Gasteiger partial charge < -0.3 is 9.84 Å². The maximum atomic E-state index is 13.2. The molecule has 5 rings (SSSR count). The Kier molecular flexibility index (Phi) is 4.66. The zero-order chi connectivity index (χ0) is 20.0. The van der Waals surface area contributed by atoms with Crippen molar-refractivity contribution in [2.24, 2.45) is 17.8 Å². The lowest BCUT2D eigenvalue weighted by molar-refractivity contribution is -0.127. The molecule has 2 fully saturated rings. The lowest BCUT2D eigenvalue weighted by atomic mass is 9.78. The molecule has 0 radical (unpaired) electrons. The van der Waals surface area contributed by atoms with E-state index in [9.17, 15) is 9.18 Å². The van der Waals surface area contributed by atoms with Crippen LogP contribution in [-0.2, 0) is 11.3 Å². The van der Waals surface area contributed by atoms with Gasteiger partial charge in [0.1, 0.15) is 5.82 Å². The Morgan fingerprint density at radius 3 is 2.79 bits per heavy atom. The molecule has 0 saturated heterocycles. The van der Waals surface area contributed by atoms with E-state index < -0.39 is 0 Å². The van der Waals surface area contributed by atoms with E-state index >= 15 is 0 Å². The second-order valence-corrected chi connectivity index (χ2v) is 8.99. The summed E-state index contributed by atoms with van der Waals surface area (Å²) in [6, 6.07) is 6.01. The average molecular weight is 412 g/mol. The second-order valence-electron chi connectivity index (χ2n) is 7.92. The molecule has 6 nitrogen and oxygen atoms in total. The SMILES string of the molecule is Cc1nc(CNC(=O)[C@H]2[C@H]3CC[C@H](C3)[C@@H]2c2nc(-c3ccc(F)cc3)no2)cs1. The van der Waals surface area contributed by atoms with E-state index in [0.29, 0.717) is 35.7 Å². The van der Waals surface area contributed by atoms with Gasteiger partial charge in [0.2, 0.25) is 17.6 Å². The summed E-state index contributed by atoms with van der Waals surface area (Å²) in [6.45, 7) is 2.39. The largest absolute Gasteiger partial charge is 0.350 e. The Balaban J connectivity index is 1.35. The average Bonchev–Trinajstić information content (AvgIpc) is 3.50. The third kappa shape index (κ3) is 3.46. The van der Waals surface area contributed by atoms with E-state index in [2.05, 4.69) is 20.4 Å². The Labute approximate surface area is 171 Å². The maximum absolute atomic E-state index is 13.2. The Bertz CT molecular complexity index is 1030. The summed E-state index contributed by atoms with van der Waals surface area (Å²) in [5.74, 6) is 1.19. The van der Waals surface area contributed by atoms with Gasteiger partial charge in [0.25, 0.3) is 0 Å². The van der Waals surface area contributed by atoms with Crippen LogP contribution < -0.4 is 5.32 Å². The number of hydrogen-bond donors (Lipinski definition) is 1. The van der Waals surface area contributed by atoms with Crippen molar-refractivity contribution in [3.05, 3.63) is 52.1 Å². The standard InChI is InChI=1S/C21H21FN4O2S/c1-11-24-16(10-29-11)9-23-20(27)17-13-2-3-14(8-13)18(17)21-25-19(26-28-21)12-4-6-15(22)7-5-12/h4-7,10,13-14,17-18H,2-3,8-9H2,1H3,(H,23,27)/t13-,14+,17-,18-/m0/s1. The first-order chi connectivity index (χ1) is 14.1. The van der Waals surface area contributed by atoms with Gasteiger partial charge in [-0.15, -0.1) is 11.3 Å². The first-order valence-electron chi connectivity index (χ1n) is 9.87. The normalized spacial score (nSPS) is 25.4. The van der Waals surface area contributed by atoms with Gasteiger partial charge in [-0.05, 0) is 62.3 Å². The van der Waals surface area contributed by atoms with Crippen molar-refractivity contribution < 1.29 is 13.7 Å². The zero-order valence-electron chi connectivity index (χ0n) is 16.0. The molecule has 29 heavy (non-hydrogen) atoms. The van der Waals surface area contributed by atoms with Crippen LogP contribution in [0.25, 0.3) is 11.4 Å². The molecule has 3 aromatic rings. The molecule has 0 unspecified atom stereocenters. The molecule has 1 amide bonds. The van der Waals surface area contributed by atoms with Gasteiger partial charge in [-0.1, -0.05) is 5.16 Å². The van der Waals surface area contributed by atoms with Crippen LogP contribution in [0.3, 0.4) is 0 Å². The minimum absolute atomic E-state index is 0.0365.